The topological polar surface area (TPSA) is 42.2 Å². The predicted octanol–water partition coefficient (Wildman–Crippen LogP) is 3.70. The van der Waals surface area contributed by atoms with E-state index in [0.717, 1.165) is 35.4 Å². The van der Waals surface area contributed by atoms with Crippen molar-refractivity contribution < 1.29 is 0 Å². The number of anilines is 1. The Morgan fingerprint density at radius 3 is 2.95 bits per heavy atom. The molecule has 1 N–H and O–H groups in total. The van der Waals surface area contributed by atoms with Gasteiger partial charge in [-0.1, -0.05) is 27.2 Å². The predicted molar refractivity (Wildman–Crippen MR) is 82.1 cm³/mol. The van der Waals surface area contributed by atoms with Crippen LogP contribution >= 0.6 is 0 Å². The fourth-order valence-electron chi connectivity index (χ4n) is 3.11. The molecule has 0 spiro atoms. The van der Waals surface area contributed by atoms with Gasteiger partial charge in [-0.15, -0.1) is 0 Å². The van der Waals surface area contributed by atoms with Crippen molar-refractivity contribution in [3.05, 3.63) is 24.2 Å². The van der Waals surface area contributed by atoms with Crippen LogP contribution in [0.1, 0.15) is 51.6 Å². The van der Waals surface area contributed by atoms with E-state index in [4.69, 9.17) is 0 Å². The van der Waals surface area contributed by atoms with Gasteiger partial charge in [0, 0.05) is 18.9 Å². The molecule has 4 nitrogen and oxygen atoms in total. The largest absolute Gasteiger partial charge is 0.368 e. The monoisotopic (exact) mass is 272 g/mol. The van der Waals surface area contributed by atoms with Crippen molar-refractivity contribution in [3.63, 3.8) is 0 Å². The summed E-state index contributed by atoms with van der Waals surface area (Å²) < 4.78 is 1.93. The first-order valence-electron chi connectivity index (χ1n) is 7.71. The van der Waals surface area contributed by atoms with Gasteiger partial charge in [0.2, 0.25) is 0 Å². The van der Waals surface area contributed by atoms with Crippen LogP contribution < -0.4 is 5.32 Å². The third-order valence-electron chi connectivity index (χ3n) is 4.36. The second kappa shape index (κ2) is 5.43. The van der Waals surface area contributed by atoms with Crippen LogP contribution in [0.15, 0.2) is 18.5 Å². The summed E-state index contributed by atoms with van der Waals surface area (Å²) in [4.78, 5) is 4.49. The Kier molecular flexibility index (Phi) is 3.64. The van der Waals surface area contributed by atoms with Gasteiger partial charge in [-0.2, -0.15) is 5.10 Å². The van der Waals surface area contributed by atoms with Crippen LogP contribution in [-0.4, -0.2) is 21.1 Å². The highest BCUT2D eigenvalue weighted by molar-refractivity contribution is 5.67. The number of fused-ring (bicyclic) bond motifs is 1. The molecule has 0 radical (unpaired) electrons. The van der Waals surface area contributed by atoms with Gasteiger partial charge in [0.05, 0.1) is 5.69 Å². The van der Waals surface area contributed by atoms with Crippen LogP contribution in [0.5, 0.6) is 0 Å². The molecule has 20 heavy (non-hydrogen) atoms. The third kappa shape index (κ3) is 2.65. The summed E-state index contributed by atoms with van der Waals surface area (Å²) in [6.07, 6.45) is 7.79. The van der Waals surface area contributed by atoms with Crippen LogP contribution in [-0.2, 0) is 0 Å². The molecule has 4 heteroatoms. The molecular weight excluding hydrogens is 248 g/mol. The van der Waals surface area contributed by atoms with Crippen molar-refractivity contribution in [2.75, 3.05) is 11.9 Å². The maximum Gasteiger partial charge on any atom is 0.152 e. The highest BCUT2D eigenvalue weighted by Gasteiger charge is 2.21. The first kappa shape index (κ1) is 13.4. The van der Waals surface area contributed by atoms with Gasteiger partial charge in [-0.3, -0.25) is 0 Å². The number of nitrogens with one attached hydrogen (secondary N) is 1. The molecular formula is C16H24N4. The van der Waals surface area contributed by atoms with Crippen LogP contribution in [0.25, 0.3) is 5.52 Å². The summed E-state index contributed by atoms with van der Waals surface area (Å²) in [5.74, 6) is 3.08. The zero-order chi connectivity index (χ0) is 14.1. The van der Waals surface area contributed by atoms with Crippen LogP contribution in [0.2, 0.25) is 0 Å². The third-order valence-corrected chi connectivity index (χ3v) is 4.36. The minimum absolute atomic E-state index is 0.443. The van der Waals surface area contributed by atoms with Gasteiger partial charge in [-0.25, -0.2) is 9.50 Å². The summed E-state index contributed by atoms with van der Waals surface area (Å²) in [6, 6.07) is 2.15. The summed E-state index contributed by atoms with van der Waals surface area (Å²) in [5, 5.41) is 8.13. The standard InChI is InChI=1S/C16H24N4/c1-11(2)14-9-15-16(17-6-7-20(15)19-14)18-10-13-5-4-12(3)8-13/h6-7,9,11-13H,4-5,8,10H2,1-3H3,(H,17,18). The number of hydrogen-bond donors (Lipinski definition) is 1. The summed E-state index contributed by atoms with van der Waals surface area (Å²) in [5.41, 5.74) is 2.21. The number of aromatic nitrogens is 3. The van der Waals surface area contributed by atoms with Crippen molar-refractivity contribution in [1.29, 1.82) is 0 Å². The van der Waals surface area contributed by atoms with Crippen molar-refractivity contribution >= 4 is 11.3 Å². The van der Waals surface area contributed by atoms with Crippen molar-refractivity contribution in [2.24, 2.45) is 11.8 Å². The molecule has 0 amide bonds. The van der Waals surface area contributed by atoms with E-state index in [0.29, 0.717) is 5.92 Å². The molecule has 1 saturated carbocycles. The number of nitrogens with zero attached hydrogens (tertiary/aromatic N) is 3. The van der Waals surface area contributed by atoms with Crippen LogP contribution in [0.3, 0.4) is 0 Å². The summed E-state index contributed by atoms with van der Waals surface area (Å²) >= 11 is 0. The Bertz CT molecular complexity index is 587. The Morgan fingerprint density at radius 2 is 2.25 bits per heavy atom. The second-order valence-corrected chi connectivity index (χ2v) is 6.49. The Labute approximate surface area is 120 Å². The van der Waals surface area contributed by atoms with E-state index in [-0.39, 0.29) is 0 Å². The van der Waals surface area contributed by atoms with E-state index in [1.54, 1.807) is 0 Å². The zero-order valence-electron chi connectivity index (χ0n) is 12.6. The smallest absolute Gasteiger partial charge is 0.152 e. The molecule has 0 bridgehead atoms. The molecule has 2 aromatic heterocycles. The van der Waals surface area contributed by atoms with Gasteiger partial charge < -0.3 is 5.32 Å². The molecule has 108 valence electrons. The zero-order valence-corrected chi connectivity index (χ0v) is 12.6. The SMILES string of the molecule is CC1CCC(CNc2nccn3nc(C(C)C)cc23)C1. The highest BCUT2D eigenvalue weighted by Crippen LogP contribution is 2.30. The van der Waals surface area contributed by atoms with Gasteiger partial charge in [0.25, 0.3) is 0 Å². The lowest BCUT2D eigenvalue weighted by Gasteiger charge is -2.12. The second-order valence-electron chi connectivity index (χ2n) is 6.49. The average molecular weight is 272 g/mol. The molecule has 3 rings (SSSR count). The maximum atomic E-state index is 4.60. The molecule has 2 unspecified atom stereocenters. The van der Waals surface area contributed by atoms with Crippen molar-refractivity contribution in [3.8, 4) is 0 Å². The number of hydrogen-bond acceptors (Lipinski definition) is 3. The van der Waals surface area contributed by atoms with Gasteiger partial charge >= 0.3 is 0 Å². The van der Waals surface area contributed by atoms with E-state index < -0.39 is 0 Å². The Morgan fingerprint density at radius 1 is 1.40 bits per heavy atom. The normalized spacial score (nSPS) is 22.8. The number of rotatable bonds is 4. The molecule has 2 aromatic rings. The fraction of sp³-hybridized carbons (Fsp3) is 0.625. The lowest BCUT2D eigenvalue weighted by molar-refractivity contribution is 0.536. The van der Waals surface area contributed by atoms with E-state index in [1.165, 1.54) is 19.3 Å². The molecule has 0 saturated heterocycles. The molecule has 1 fully saturated rings. The van der Waals surface area contributed by atoms with Gasteiger partial charge in [0.1, 0.15) is 5.52 Å². The molecule has 1 aliphatic rings. The Balaban J connectivity index is 1.77. The van der Waals surface area contributed by atoms with Crippen LogP contribution in [0.4, 0.5) is 5.82 Å². The van der Waals surface area contributed by atoms with E-state index in [9.17, 15) is 0 Å². The van der Waals surface area contributed by atoms with Crippen LogP contribution in [0, 0.1) is 11.8 Å². The van der Waals surface area contributed by atoms with Crippen molar-refractivity contribution in [1.82, 2.24) is 14.6 Å². The van der Waals surface area contributed by atoms with E-state index in [2.05, 4.69) is 42.2 Å². The minimum Gasteiger partial charge on any atom is -0.368 e. The van der Waals surface area contributed by atoms with E-state index in [1.807, 2.05) is 16.9 Å². The molecule has 2 atom stereocenters. The molecule has 0 aliphatic heterocycles. The highest BCUT2D eigenvalue weighted by atomic mass is 15.2. The quantitative estimate of drug-likeness (QED) is 0.922. The summed E-state index contributed by atoms with van der Waals surface area (Å²) in [6.45, 7) is 7.72. The molecule has 1 aliphatic carbocycles. The first-order chi connectivity index (χ1) is 9.63. The molecule has 2 heterocycles. The fourth-order valence-corrected chi connectivity index (χ4v) is 3.11. The maximum absolute atomic E-state index is 4.60. The van der Waals surface area contributed by atoms with Gasteiger partial charge in [0.15, 0.2) is 5.82 Å². The summed E-state index contributed by atoms with van der Waals surface area (Å²) in [7, 11) is 0. The lowest BCUT2D eigenvalue weighted by atomic mass is 10.1. The van der Waals surface area contributed by atoms with Gasteiger partial charge in [-0.05, 0) is 36.7 Å². The molecule has 0 aromatic carbocycles. The minimum atomic E-state index is 0.443. The van der Waals surface area contributed by atoms with Crippen molar-refractivity contribution in [2.45, 2.75) is 46.0 Å². The lowest BCUT2D eigenvalue weighted by Crippen LogP contribution is -2.13. The Hall–Kier alpha value is -1.58. The average Bonchev–Trinajstić information content (AvgIpc) is 3.02. The first-order valence-corrected chi connectivity index (χ1v) is 7.71. The van der Waals surface area contributed by atoms with E-state index >= 15 is 0 Å².